The van der Waals surface area contributed by atoms with Crippen LogP contribution < -0.4 is 0 Å². The van der Waals surface area contributed by atoms with Gasteiger partial charge < -0.3 is 59.8 Å². The molecule has 0 saturated carbocycles. The summed E-state index contributed by atoms with van der Waals surface area (Å²) in [4.78, 5) is 12.5. The molecule has 2 aliphatic heterocycles. The van der Waals surface area contributed by atoms with Crippen LogP contribution in [0, 0.1) is 0 Å². The van der Waals surface area contributed by atoms with Gasteiger partial charge in [-0.1, -0.05) is 71.1 Å². The monoisotopic (exact) mass is 568 g/mol. The summed E-state index contributed by atoms with van der Waals surface area (Å²) < 4.78 is 21.1. The van der Waals surface area contributed by atoms with Crippen LogP contribution in [0.4, 0.5) is 0 Å². The molecule has 0 radical (unpaired) electrons. The summed E-state index contributed by atoms with van der Waals surface area (Å²) >= 11 is 0. The molecule has 8 N–H and O–H groups in total. The fourth-order valence-corrected chi connectivity index (χ4v) is 4.87. The van der Waals surface area contributed by atoms with Crippen LogP contribution in [0.3, 0.4) is 0 Å². The maximum absolute atomic E-state index is 12.5. The molecular weight excluding hydrogens is 520 g/mol. The zero-order chi connectivity index (χ0) is 29.0. The summed E-state index contributed by atoms with van der Waals surface area (Å²) in [6.45, 7) is 0.325. The van der Waals surface area contributed by atoms with E-state index in [1.54, 1.807) is 0 Å². The van der Waals surface area contributed by atoms with E-state index in [2.05, 4.69) is 6.92 Å². The summed E-state index contributed by atoms with van der Waals surface area (Å²) in [7, 11) is 0. The lowest BCUT2D eigenvalue weighted by molar-refractivity contribution is -0.416. The van der Waals surface area contributed by atoms with Gasteiger partial charge in [-0.25, -0.2) is 0 Å². The molecular formula is C26H48O13. The standard InChI is InChI=1S/C26H48O13/c1-2-3-4-5-6-7-8-9-10-11-12-13-17(29)38-26(15-28)23(34)19(31)21(33)25(39-26)37-22-16(14-27)36-24(35)20(32)18(22)30/h16,18-25,27-28,30-35H,2-15H2,1H3/t16-,18-,19+,20-,21-,22-,23-,24-,25+,26+/m1/s1. The molecule has 2 saturated heterocycles. The molecule has 13 heteroatoms. The van der Waals surface area contributed by atoms with Gasteiger partial charge >= 0.3 is 5.97 Å². The first-order chi connectivity index (χ1) is 18.6. The Morgan fingerprint density at radius 1 is 0.769 bits per heavy atom. The number of aliphatic hydroxyl groups excluding tert-OH is 8. The molecule has 0 aliphatic carbocycles. The van der Waals surface area contributed by atoms with Gasteiger partial charge in [0.25, 0.3) is 5.79 Å². The molecule has 10 atom stereocenters. The van der Waals surface area contributed by atoms with E-state index in [4.69, 9.17) is 18.9 Å². The summed E-state index contributed by atoms with van der Waals surface area (Å²) in [5, 5.41) is 80.7. The van der Waals surface area contributed by atoms with Gasteiger partial charge in [0.15, 0.2) is 18.7 Å². The summed E-state index contributed by atoms with van der Waals surface area (Å²) in [6, 6.07) is 0. The number of esters is 1. The van der Waals surface area contributed by atoms with Crippen LogP contribution in [0.1, 0.15) is 84.0 Å². The molecule has 0 amide bonds. The number of hydrogen-bond acceptors (Lipinski definition) is 13. The highest BCUT2D eigenvalue weighted by Crippen LogP contribution is 2.34. The number of rotatable bonds is 17. The van der Waals surface area contributed by atoms with Crippen LogP contribution in [0.2, 0.25) is 0 Å². The third kappa shape index (κ3) is 9.54. The van der Waals surface area contributed by atoms with Crippen molar-refractivity contribution < 1.29 is 64.6 Å². The Hall–Kier alpha value is -0.970. The topological polar surface area (TPSA) is 216 Å². The minimum absolute atomic E-state index is 0.0368. The first kappa shape index (κ1) is 34.2. The Morgan fingerprint density at radius 3 is 1.87 bits per heavy atom. The van der Waals surface area contributed by atoms with E-state index in [1.807, 2.05) is 0 Å². The van der Waals surface area contributed by atoms with E-state index in [-0.39, 0.29) is 6.42 Å². The minimum Gasteiger partial charge on any atom is -0.427 e. The van der Waals surface area contributed by atoms with Gasteiger partial charge in [-0.05, 0) is 6.42 Å². The van der Waals surface area contributed by atoms with Gasteiger partial charge in [0, 0.05) is 6.42 Å². The normalized spacial score (nSPS) is 37.1. The molecule has 0 aromatic rings. The number of unbranched alkanes of at least 4 members (excludes halogenated alkanes) is 10. The largest absolute Gasteiger partial charge is 0.427 e. The van der Waals surface area contributed by atoms with E-state index >= 15 is 0 Å². The van der Waals surface area contributed by atoms with Crippen LogP contribution in [0.25, 0.3) is 0 Å². The van der Waals surface area contributed by atoms with E-state index in [0.717, 1.165) is 25.7 Å². The number of hydrogen-bond donors (Lipinski definition) is 8. The van der Waals surface area contributed by atoms with Crippen molar-refractivity contribution in [1.82, 2.24) is 0 Å². The van der Waals surface area contributed by atoms with Gasteiger partial charge in [0.05, 0.1) is 6.61 Å². The van der Waals surface area contributed by atoms with Crippen molar-refractivity contribution in [3.63, 3.8) is 0 Å². The smallest absolute Gasteiger partial charge is 0.308 e. The summed E-state index contributed by atoms with van der Waals surface area (Å²) in [5.41, 5.74) is 0. The van der Waals surface area contributed by atoms with Crippen LogP contribution in [0.15, 0.2) is 0 Å². The zero-order valence-corrected chi connectivity index (χ0v) is 22.7. The average Bonchev–Trinajstić information content (AvgIpc) is 2.93. The number of aliphatic hydroxyl groups is 8. The third-order valence-corrected chi connectivity index (χ3v) is 7.34. The predicted octanol–water partition coefficient (Wildman–Crippen LogP) is -0.825. The molecule has 0 unspecified atom stereocenters. The molecule has 230 valence electrons. The second-order valence-corrected chi connectivity index (χ2v) is 10.5. The lowest BCUT2D eigenvalue weighted by Gasteiger charge is -2.48. The second kappa shape index (κ2) is 17.1. The maximum Gasteiger partial charge on any atom is 0.308 e. The van der Waals surface area contributed by atoms with E-state index in [0.29, 0.717) is 6.42 Å². The van der Waals surface area contributed by atoms with E-state index in [1.165, 1.54) is 38.5 Å². The second-order valence-electron chi connectivity index (χ2n) is 10.5. The zero-order valence-electron chi connectivity index (χ0n) is 22.7. The maximum atomic E-state index is 12.5. The Kier molecular flexibility index (Phi) is 15.0. The average molecular weight is 569 g/mol. The number of ether oxygens (including phenoxy) is 4. The fourth-order valence-electron chi connectivity index (χ4n) is 4.87. The van der Waals surface area contributed by atoms with Crippen molar-refractivity contribution >= 4 is 5.97 Å². The fraction of sp³-hybridized carbons (Fsp3) is 0.962. The molecule has 2 rings (SSSR count). The minimum atomic E-state index is -2.49. The van der Waals surface area contributed by atoms with E-state index < -0.39 is 80.3 Å². The molecule has 2 heterocycles. The van der Waals surface area contributed by atoms with Crippen LogP contribution in [-0.2, 0) is 23.7 Å². The Bertz CT molecular complexity index is 695. The first-order valence-electron chi connectivity index (χ1n) is 14.1. The molecule has 0 spiro atoms. The summed E-state index contributed by atoms with van der Waals surface area (Å²) in [5.74, 6) is -3.31. The lowest BCUT2D eigenvalue weighted by Crippen LogP contribution is -2.69. The molecule has 0 aromatic heterocycles. The van der Waals surface area contributed by atoms with E-state index in [9.17, 15) is 45.6 Å². The van der Waals surface area contributed by atoms with Crippen molar-refractivity contribution in [2.45, 2.75) is 145 Å². The number of carbonyl (C=O) groups excluding carboxylic acids is 1. The van der Waals surface area contributed by atoms with Gasteiger partial charge in [-0.3, -0.25) is 4.79 Å². The van der Waals surface area contributed by atoms with Crippen LogP contribution >= 0.6 is 0 Å². The van der Waals surface area contributed by atoms with Crippen LogP contribution in [0.5, 0.6) is 0 Å². The van der Waals surface area contributed by atoms with Crippen molar-refractivity contribution in [3.05, 3.63) is 0 Å². The van der Waals surface area contributed by atoms with Crippen LogP contribution in [-0.4, -0.2) is 121 Å². The van der Waals surface area contributed by atoms with Gasteiger partial charge in [0.2, 0.25) is 0 Å². The molecule has 2 fully saturated rings. The SMILES string of the molecule is CCCCCCCCCCCCCC(=O)O[C@@]1(CO)O[C@H](O[C@H]2[C@H](O)[C@@H](O)[C@H](O)O[C@@H]2CO)[C@H](O)[C@H](O)[C@H]1O. The Balaban J connectivity index is 1.88. The van der Waals surface area contributed by atoms with Gasteiger partial charge in [0.1, 0.15) is 43.2 Å². The highest BCUT2D eigenvalue weighted by Gasteiger charge is 2.58. The van der Waals surface area contributed by atoms with Crippen molar-refractivity contribution in [1.29, 1.82) is 0 Å². The quantitative estimate of drug-likeness (QED) is 0.0795. The number of carbonyl (C=O) groups is 1. The highest BCUT2D eigenvalue weighted by molar-refractivity contribution is 5.69. The Morgan fingerprint density at radius 2 is 1.33 bits per heavy atom. The molecule has 2 aliphatic rings. The van der Waals surface area contributed by atoms with Crippen molar-refractivity contribution in [3.8, 4) is 0 Å². The first-order valence-corrected chi connectivity index (χ1v) is 14.1. The predicted molar refractivity (Wildman–Crippen MR) is 135 cm³/mol. The van der Waals surface area contributed by atoms with Crippen molar-refractivity contribution in [2.24, 2.45) is 0 Å². The van der Waals surface area contributed by atoms with Gasteiger partial charge in [-0.15, -0.1) is 0 Å². The molecule has 0 bridgehead atoms. The Labute approximate surface area is 229 Å². The lowest BCUT2D eigenvalue weighted by atomic mass is 9.95. The van der Waals surface area contributed by atoms with Crippen molar-refractivity contribution in [2.75, 3.05) is 13.2 Å². The van der Waals surface area contributed by atoms with Gasteiger partial charge in [-0.2, -0.15) is 0 Å². The molecule has 39 heavy (non-hydrogen) atoms. The molecule has 0 aromatic carbocycles. The third-order valence-electron chi connectivity index (χ3n) is 7.34. The molecule has 13 nitrogen and oxygen atoms in total. The highest BCUT2D eigenvalue weighted by atomic mass is 16.8. The summed E-state index contributed by atoms with van der Waals surface area (Å²) in [6.07, 6.45) is -4.42.